The van der Waals surface area contributed by atoms with Crippen LogP contribution in [0.25, 0.3) is 0 Å². The largest absolute Gasteiger partial charge is 0.417 e. The topological polar surface area (TPSA) is 40.6 Å². The van der Waals surface area contributed by atoms with Crippen LogP contribution in [0, 0.1) is 5.41 Å². The van der Waals surface area contributed by atoms with Gasteiger partial charge in [-0.25, -0.2) is 0 Å². The molecule has 1 aliphatic heterocycles. The molecular weight excluding hydrogens is 321 g/mol. The lowest BCUT2D eigenvalue weighted by Crippen LogP contribution is -2.53. The highest BCUT2D eigenvalue weighted by atomic mass is 19.4. The zero-order valence-electron chi connectivity index (χ0n) is 14.0. The number of benzene rings is 1. The fraction of sp³-hybridized carbons (Fsp3) is 0.529. The second kappa shape index (κ2) is 6.45. The lowest BCUT2D eigenvalue weighted by atomic mass is 9.94. The molecule has 0 spiro atoms. The molecule has 2 rings (SSSR count). The van der Waals surface area contributed by atoms with Gasteiger partial charge in [-0.1, -0.05) is 32.9 Å². The molecule has 1 fully saturated rings. The Morgan fingerprint density at radius 1 is 0.917 bits per heavy atom. The molecule has 24 heavy (non-hydrogen) atoms. The molecule has 4 nitrogen and oxygen atoms in total. The van der Waals surface area contributed by atoms with Crippen LogP contribution in [-0.2, 0) is 11.0 Å². The van der Waals surface area contributed by atoms with E-state index in [0.717, 1.165) is 6.07 Å². The van der Waals surface area contributed by atoms with Gasteiger partial charge in [0.05, 0.1) is 11.1 Å². The number of alkyl halides is 3. The summed E-state index contributed by atoms with van der Waals surface area (Å²) in [7, 11) is 0. The summed E-state index contributed by atoms with van der Waals surface area (Å²) in [5, 5.41) is 0. The van der Waals surface area contributed by atoms with Crippen LogP contribution >= 0.6 is 0 Å². The Morgan fingerprint density at radius 2 is 1.42 bits per heavy atom. The van der Waals surface area contributed by atoms with Crippen molar-refractivity contribution in [2.45, 2.75) is 26.9 Å². The van der Waals surface area contributed by atoms with Crippen molar-refractivity contribution in [2.75, 3.05) is 26.2 Å². The van der Waals surface area contributed by atoms with Gasteiger partial charge in [0.2, 0.25) is 5.91 Å². The van der Waals surface area contributed by atoms with Crippen molar-refractivity contribution < 1.29 is 22.8 Å². The maximum absolute atomic E-state index is 13.1. The maximum atomic E-state index is 13.1. The number of rotatable bonds is 1. The molecule has 0 aliphatic carbocycles. The summed E-state index contributed by atoms with van der Waals surface area (Å²) in [5.41, 5.74) is -1.79. The van der Waals surface area contributed by atoms with Crippen molar-refractivity contribution in [1.82, 2.24) is 9.80 Å². The Kier molecular flexibility index (Phi) is 4.92. The second-order valence-corrected chi connectivity index (χ2v) is 6.88. The minimum absolute atomic E-state index is 0.0229. The summed E-state index contributed by atoms with van der Waals surface area (Å²) in [6, 6.07) is 4.78. The first kappa shape index (κ1) is 18.3. The Morgan fingerprint density at radius 3 is 1.92 bits per heavy atom. The third kappa shape index (κ3) is 3.88. The van der Waals surface area contributed by atoms with E-state index in [1.165, 1.54) is 23.1 Å². The minimum atomic E-state index is -4.57. The van der Waals surface area contributed by atoms with E-state index in [0.29, 0.717) is 13.1 Å². The molecule has 0 atom stereocenters. The normalized spacial score (nSPS) is 16.2. The number of amides is 2. The van der Waals surface area contributed by atoms with Crippen LogP contribution in [0.2, 0.25) is 0 Å². The van der Waals surface area contributed by atoms with Crippen molar-refractivity contribution in [3.05, 3.63) is 35.4 Å². The van der Waals surface area contributed by atoms with E-state index in [9.17, 15) is 22.8 Å². The predicted molar refractivity (Wildman–Crippen MR) is 83.4 cm³/mol. The average Bonchev–Trinajstić information content (AvgIpc) is 2.52. The van der Waals surface area contributed by atoms with Gasteiger partial charge in [0.1, 0.15) is 0 Å². The minimum Gasteiger partial charge on any atom is -0.339 e. The van der Waals surface area contributed by atoms with E-state index in [4.69, 9.17) is 0 Å². The molecule has 1 heterocycles. The summed E-state index contributed by atoms with van der Waals surface area (Å²) >= 11 is 0. The lowest BCUT2D eigenvalue weighted by molar-refractivity contribution is -0.140. The summed E-state index contributed by atoms with van der Waals surface area (Å²) in [5.74, 6) is -0.670. The molecule has 0 saturated carbocycles. The van der Waals surface area contributed by atoms with Gasteiger partial charge in [0, 0.05) is 31.6 Å². The van der Waals surface area contributed by atoms with Crippen molar-refractivity contribution >= 4 is 11.8 Å². The standard InChI is InChI=1S/C17H21F3N2O2/c1-16(2,3)15(24)22-10-8-21(9-11-22)14(23)12-6-4-5-7-13(12)17(18,19)20/h4-7H,8-11H2,1-3H3. The summed E-state index contributed by atoms with van der Waals surface area (Å²) in [6.07, 6.45) is -4.57. The zero-order chi connectivity index (χ0) is 18.1. The van der Waals surface area contributed by atoms with E-state index in [2.05, 4.69) is 0 Å². The first-order chi connectivity index (χ1) is 11.0. The van der Waals surface area contributed by atoms with Gasteiger partial charge >= 0.3 is 6.18 Å². The highest BCUT2D eigenvalue weighted by Gasteiger charge is 2.37. The van der Waals surface area contributed by atoms with Crippen molar-refractivity contribution in [3.8, 4) is 0 Å². The SMILES string of the molecule is CC(C)(C)C(=O)N1CCN(C(=O)c2ccccc2C(F)(F)F)CC1. The number of hydrogen-bond acceptors (Lipinski definition) is 2. The molecule has 1 aromatic rings. The average molecular weight is 342 g/mol. The van der Waals surface area contributed by atoms with Crippen molar-refractivity contribution in [1.29, 1.82) is 0 Å². The molecule has 2 amide bonds. The highest BCUT2D eigenvalue weighted by Crippen LogP contribution is 2.32. The van der Waals surface area contributed by atoms with Gasteiger partial charge in [-0.2, -0.15) is 13.2 Å². The van der Waals surface area contributed by atoms with Crippen LogP contribution in [-0.4, -0.2) is 47.8 Å². The van der Waals surface area contributed by atoms with E-state index in [-0.39, 0.29) is 24.6 Å². The van der Waals surface area contributed by atoms with Crippen LogP contribution in [0.15, 0.2) is 24.3 Å². The lowest BCUT2D eigenvalue weighted by Gasteiger charge is -2.37. The molecule has 0 radical (unpaired) electrons. The van der Waals surface area contributed by atoms with Crippen LogP contribution < -0.4 is 0 Å². The molecule has 1 saturated heterocycles. The molecule has 0 N–H and O–H groups in total. The molecule has 1 aliphatic rings. The Labute approximate surface area is 139 Å². The zero-order valence-corrected chi connectivity index (χ0v) is 14.0. The van der Waals surface area contributed by atoms with Crippen LogP contribution in [0.3, 0.4) is 0 Å². The Balaban J connectivity index is 2.11. The number of piperazine rings is 1. The van der Waals surface area contributed by atoms with Gasteiger partial charge in [-0.15, -0.1) is 0 Å². The number of halogens is 3. The summed E-state index contributed by atoms with van der Waals surface area (Å²) in [4.78, 5) is 27.7. The third-order valence-corrected chi connectivity index (χ3v) is 3.96. The summed E-state index contributed by atoms with van der Waals surface area (Å²) < 4.78 is 39.2. The number of nitrogens with zero attached hydrogens (tertiary/aromatic N) is 2. The van der Waals surface area contributed by atoms with Crippen molar-refractivity contribution in [2.24, 2.45) is 5.41 Å². The predicted octanol–water partition coefficient (Wildman–Crippen LogP) is 3.04. The van der Waals surface area contributed by atoms with E-state index in [1.807, 2.05) is 20.8 Å². The Hall–Kier alpha value is -2.05. The van der Waals surface area contributed by atoms with Crippen LogP contribution in [0.4, 0.5) is 13.2 Å². The van der Waals surface area contributed by atoms with Gasteiger partial charge in [0.25, 0.3) is 5.91 Å². The van der Waals surface area contributed by atoms with E-state index < -0.39 is 23.1 Å². The molecule has 0 aromatic heterocycles. The van der Waals surface area contributed by atoms with Gasteiger partial charge in [-0.3, -0.25) is 9.59 Å². The van der Waals surface area contributed by atoms with Crippen LogP contribution in [0.1, 0.15) is 36.7 Å². The first-order valence-electron chi connectivity index (χ1n) is 7.76. The molecule has 0 unspecified atom stereocenters. The van der Waals surface area contributed by atoms with Gasteiger partial charge < -0.3 is 9.80 Å². The van der Waals surface area contributed by atoms with E-state index >= 15 is 0 Å². The fourth-order valence-electron chi connectivity index (χ4n) is 2.67. The highest BCUT2D eigenvalue weighted by molar-refractivity contribution is 5.96. The maximum Gasteiger partial charge on any atom is 0.417 e. The molecule has 1 aromatic carbocycles. The monoisotopic (exact) mass is 342 g/mol. The van der Waals surface area contributed by atoms with Crippen LogP contribution in [0.5, 0.6) is 0 Å². The molecular formula is C17H21F3N2O2. The molecule has 7 heteroatoms. The smallest absolute Gasteiger partial charge is 0.339 e. The molecule has 132 valence electrons. The first-order valence-corrected chi connectivity index (χ1v) is 7.76. The number of carbonyl (C=O) groups excluding carboxylic acids is 2. The molecule has 0 bridgehead atoms. The quantitative estimate of drug-likeness (QED) is 0.787. The number of carbonyl (C=O) groups is 2. The van der Waals surface area contributed by atoms with E-state index in [1.54, 1.807) is 4.90 Å². The van der Waals surface area contributed by atoms with Gasteiger partial charge in [-0.05, 0) is 12.1 Å². The van der Waals surface area contributed by atoms with Crippen molar-refractivity contribution in [3.63, 3.8) is 0 Å². The summed E-state index contributed by atoms with van der Waals surface area (Å²) in [6.45, 7) is 6.55. The van der Waals surface area contributed by atoms with Gasteiger partial charge in [0.15, 0.2) is 0 Å². The number of hydrogen-bond donors (Lipinski definition) is 0. The fourth-order valence-corrected chi connectivity index (χ4v) is 2.67. The Bertz CT molecular complexity index is 627. The third-order valence-electron chi connectivity index (χ3n) is 3.96. The second-order valence-electron chi connectivity index (χ2n) is 6.88.